The molecule has 1 amide bonds. The lowest BCUT2D eigenvalue weighted by molar-refractivity contribution is -0.387. The Bertz CT molecular complexity index is 1020. The van der Waals surface area contributed by atoms with Gasteiger partial charge in [0.05, 0.1) is 10.7 Å². The molecule has 0 bridgehead atoms. The number of H-pyrrole nitrogens is 1. The number of benzene rings is 2. The predicted octanol–water partition coefficient (Wildman–Crippen LogP) is 3.75. The number of halogens is 1. The first-order valence-corrected chi connectivity index (χ1v) is 9.02. The second-order valence-corrected chi connectivity index (χ2v) is 6.45. The first-order valence-electron chi connectivity index (χ1n) is 8.03. The van der Waals surface area contributed by atoms with E-state index in [9.17, 15) is 19.3 Å². The number of nitrogens with one attached hydrogen (secondary N) is 2. The Balaban J connectivity index is 1.54. The number of nitro groups is 1. The molecule has 0 saturated heterocycles. The minimum atomic E-state index is -0.964. The van der Waals surface area contributed by atoms with Gasteiger partial charge >= 0.3 is 5.69 Å². The van der Waals surface area contributed by atoms with Crippen LogP contribution in [-0.4, -0.2) is 31.8 Å². The van der Waals surface area contributed by atoms with Crippen LogP contribution in [0.1, 0.15) is 11.4 Å². The normalized spacial score (nSPS) is 10.9. The van der Waals surface area contributed by atoms with E-state index in [1.165, 1.54) is 6.07 Å². The number of aromatic nitrogens is 3. The van der Waals surface area contributed by atoms with Crippen LogP contribution in [0.4, 0.5) is 15.8 Å². The Morgan fingerprint density at radius 3 is 2.79 bits per heavy atom. The molecule has 0 aliphatic carbocycles. The van der Waals surface area contributed by atoms with Crippen molar-refractivity contribution in [1.82, 2.24) is 15.2 Å². The van der Waals surface area contributed by atoms with E-state index in [4.69, 9.17) is 0 Å². The second-order valence-electron chi connectivity index (χ2n) is 5.51. The van der Waals surface area contributed by atoms with Crippen LogP contribution in [0.15, 0.2) is 53.7 Å². The van der Waals surface area contributed by atoms with Gasteiger partial charge in [-0.25, -0.2) is 4.98 Å². The average Bonchev–Trinajstić information content (AvgIpc) is 3.15. The quantitative estimate of drug-likeness (QED) is 0.355. The van der Waals surface area contributed by atoms with E-state index >= 15 is 0 Å². The van der Waals surface area contributed by atoms with E-state index in [0.29, 0.717) is 11.0 Å². The Morgan fingerprint density at radius 2 is 2.04 bits per heavy atom. The van der Waals surface area contributed by atoms with E-state index in [1.807, 2.05) is 36.4 Å². The van der Waals surface area contributed by atoms with Crippen molar-refractivity contribution >= 4 is 41.2 Å². The highest BCUT2D eigenvalue weighted by Crippen LogP contribution is 2.22. The number of nitrogens with zero attached hydrogens (tertiary/aromatic N) is 3. The number of hydrogen-bond acceptors (Lipinski definition) is 6. The zero-order chi connectivity index (χ0) is 19.9. The van der Waals surface area contributed by atoms with Crippen molar-refractivity contribution in [2.24, 2.45) is 0 Å². The number of rotatable bonds is 7. The van der Waals surface area contributed by atoms with Gasteiger partial charge < -0.3 is 5.32 Å². The summed E-state index contributed by atoms with van der Waals surface area (Å²) in [6.45, 7) is 0. The fourth-order valence-electron chi connectivity index (χ4n) is 2.19. The molecule has 0 atom stereocenters. The number of nitro benzene ring substituents is 1. The van der Waals surface area contributed by atoms with Gasteiger partial charge in [-0.3, -0.25) is 20.0 Å². The van der Waals surface area contributed by atoms with Gasteiger partial charge in [-0.1, -0.05) is 48.2 Å². The summed E-state index contributed by atoms with van der Waals surface area (Å²) in [6, 6.07) is 12.8. The first-order chi connectivity index (χ1) is 13.5. The van der Waals surface area contributed by atoms with Crippen molar-refractivity contribution in [2.45, 2.75) is 5.16 Å². The number of thioether (sulfide) groups is 1. The highest BCUT2D eigenvalue weighted by atomic mass is 32.2. The standard InChI is InChI=1S/C18H14FN5O3S/c19-14-8-7-13(10-15(14)24(26)27)20-17(25)11-28-18-21-16(22-23-18)9-6-12-4-2-1-3-5-12/h1-10H,11H2,(H,20,25)(H,21,22,23)/b9-6+. The number of amides is 1. The summed E-state index contributed by atoms with van der Waals surface area (Å²) in [5, 5.41) is 20.4. The van der Waals surface area contributed by atoms with E-state index in [1.54, 1.807) is 6.08 Å². The third kappa shape index (κ3) is 5.24. The Hall–Kier alpha value is -3.53. The Labute approximate surface area is 163 Å². The molecule has 0 radical (unpaired) electrons. The molecule has 0 aliphatic heterocycles. The van der Waals surface area contributed by atoms with Gasteiger partial charge in [-0.05, 0) is 23.8 Å². The molecule has 28 heavy (non-hydrogen) atoms. The Kier molecular flexibility index (Phi) is 6.12. The molecular weight excluding hydrogens is 385 g/mol. The molecule has 2 aromatic carbocycles. The predicted molar refractivity (Wildman–Crippen MR) is 104 cm³/mol. The van der Waals surface area contributed by atoms with E-state index < -0.39 is 22.3 Å². The highest BCUT2D eigenvalue weighted by Gasteiger charge is 2.15. The molecule has 0 saturated carbocycles. The van der Waals surface area contributed by atoms with Gasteiger partial charge in [-0.15, -0.1) is 5.10 Å². The zero-order valence-corrected chi connectivity index (χ0v) is 15.1. The zero-order valence-electron chi connectivity index (χ0n) is 14.3. The van der Waals surface area contributed by atoms with Crippen LogP contribution in [-0.2, 0) is 4.79 Å². The van der Waals surface area contributed by atoms with Crippen molar-refractivity contribution in [3.05, 3.63) is 75.9 Å². The fraction of sp³-hybridized carbons (Fsp3) is 0.0556. The van der Waals surface area contributed by atoms with Gasteiger partial charge in [0.25, 0.3) is 0 Å². The van der Waals surface area contributed by atoms with E-state index in [0.717, 1.165) is 29.5 Å². The van der Waals surface area contributed by atoms with Crippen LogP contribution >= 0.6 is 11.8 Å². The number of carbonyl (C=O) groups excluding carboxylic acids is 1. The van der Waals surface area contributed by atoms with Crippen molar-refractivity contribution < 1.29 is 14.1 Å². The molecule has 1 heterocycles. The maximum atomic E-state index is 13.3. The number of aromatic amines is 1. The molecule has 2 N–H and O–H groups in total. The van der Waals surface area contributed by atoms with E-state index in [-0.39, 0.29) is 11.4 Å². The van der Waals surface area contributed by atoms with Gasteiger partial charge in [-0.2, -0.15) is 4.39 Å². The lowest BCUT2D eigenvalue weighted by atomic mass is 10.2. The van der Waals surface area contributed by atoms with E-state index in [2.05, 4.69) is 20.5 Å². The van der Waals surface area contributed by atoms with Crippen molar-refractivity contribution in [3.63, 3.8) is 0 Å². The molecule has 0 fully saturated rings. The molecule has 142 valence electrons. The van der Waals surface area contributed by atoms with Crippen LogP contribution in [0, 0.1) is 15.9 Å². The molecule has 0 aliphatic rings. The minimum absolute atomic E-state index is 0.00906. The molecular formula is C18H14FN5O3S. The van der Waals surface area contributed by atoms with Gasteiger partial charge in [0.2, 0.25) is 16.9 Å². The summed E-state index contributed by atoms with van der Waals surface area (Å²) in [5.41, 5.74) is 0.454. The SMILES string of the molecule is O=C(CSc1n[nH]c(/C=C/c2ccccc2)n1)Nc1ccc(F)c([N+](=O)[O-])c1. The number of anilines is 1. The van der Waals surface area contributed by atoms with Crippen molar-refractivity contribution in [2.75, 3.05) is 11.1 Å². The lowest BCUT2D eigenvalue weighted by Crippen LogP contribution is -2.14. The first kappa shape index (κ1) is 19.2. The average molecular weight is 399 g/mol. The van der Waals surface area contributed by atoms with Crippen LogP contribution in [0.5, 0.6) is 0 Å². The van der Waals surface area contributed by atoms with Crippen LogP contribution in [0.25, 0.3) is 12.2 Å². The molecule has 8 nitrogen and oxygen atoms in total. The molecule has 3 aromatic rings. The second kappa shape index (κ2) is 8.91. The van der Waals surface area contributed by atoms with Crippen molar-refractivity contribution in [3.8, 4) is 0 Å². The van der Waals surface area contributed by atoms with Gasteiger partial charge in [0.1, 0.15) is 5.82 Å². The van der Waals surface area contributed by atoms with Crippen LogP contribution < -0.4 is 5.32 Å². The molecule has 1 aromatic heterocycles. The third-order valence-electron chi connectivity index (χ3n) is 3.47. The monoisotopic (exact) mass is 399 g/mol. The summed E-state index contributed by atoms with van der Waals surface area (Å²) in [6.07, 6.45) is 3.65. The summed E-state index contributed by atoms with van der Waals surface area (Å²) in [5.74, 6) is -0.850. The topological polar surface area (TPSA) is 114 Å². The summed E-state index contributed by atoms with van der Waals surface area (Å²) in [7, 11) is 0. The molecule has 0 spiro atoms. The maximum absolute atomic E-state index is 13.3. The third-order valence-corrected chi connectivity index (χ3v) is 4.32. The minimum Gasteiger partial charge on any atom is -0.325 e. The van der Waals surface area contributed by atoms with Crippen LogP contribution in [0.2, 0.25) is 0 Å². The highest BCUT2D eigenvalue weighted by molar-refractivity contribution is 7.99. The van der Waals surface area contributed by atoms with Crippen molar-refractivity contribution in [1.29, 1.82) is 0 Å². The Morgan fingerprint density at radius 1 is 1.25 bits per heavy atom. The molecule has 0 unspecified atom stereocenters. The van der Waals surface area contributed by atoms with Crippen LogP contribution in [0.3, 0.4) is 0 Å². The number of hydrogen-bond donors (Lipinski definition) is 2. The molecule has 3 rings (SSSR count). The summed E-state index contributed by atoms with van der Waals surface area (Å²) < 4.78 is 13.3. The fourth-order valence-corrected chi connectivity index (χ4v) is 2.80. The summed E-state index contributed by atoms with van der Waals surface area (Å²) >= 11 is 1.10. The smallest absolute Gasteiger partial charge is 0.306 e. The molecule has 10 heteroatoms. The van der Waals surface area contributed by atoms with Gasteiger partial charge in [0, 0.05) is 11.8 Å². The maximum Gasteiger partial charge on any atom is 0.306 e. The van der Waals surface area contributed by atoms with Gasteiger partial charge in [0.15, 0.2) is 0 Å². The summed E-state index contributed by atoms with van der Waals surface area (Å²) in [4.78, 5) is 26.1. The number of carbonyl (C=O) groups is 1. The lowest BCUT2D eigenvalue weighted by Gasteiger charge is -2.04. The largest absolute Gasteiger partial charge is 0.325 e.